The van der Waals surface area contributed by atoms with Gasteiger partial charge in [-0.05, 0) is 29.8 Å². The van der Waals surface area contributed by atoms with Crippen molar-refractivity contribution in [2.45, 2.75) is 12.5 Å². The molecule has 0 aromatic heterocycles. The first-order valence-corrected chi connectivity index (χ1v) is 8.07. The molecule has 3 amide bonds. The molecule has 0 aliphatic carbocycles. The molecule has 1 unspecified atom stereocenters. The number of anilines is 1. The van der Waals surface area contributed by atoms with E-state index in [1.54, 1.807) is 29.2 Å². The minimum Gasteiger partial charge on any atom is -0.354 e. The Morgan fingerprint density at radius 3 is 2.56 bits per heavy atom. The maximum absolute atomic E-state index is 12.8. The minimum absolute atomic E-state index is 0.0671. The van der Waals surface area contributed by atoms with Gasteiger partial charge in [0.25, 0.3) is 0 Å². The van der Waals surface area contributed by atoms with Gasteiger partial charge in [-0.25, -0.2) is 4.79 Å². The molecule has 2 N–H and O–H groups in total. The summed E-state index contributed by atoms with van der Waals surface area (Å²) in [7, 11) is 0. The van der Waals surface area contributed by atoms with Crippen molar-refractivity contribution in [2.75, 3.05) is 18.4 Å². The number of hydrogen-bond donors (Lipinski definition) is 2. The molecule has 126 valence electrons. The maximum Gasteiger partial charge on any atom is 0.322 e. The molecule has 2 aromatic carbocycles. The maximum atomic E-state index is 12.8. The smallest absolute Gasteiger partial charge is 0.322 e. The molecule has 6 heteroatoms. The zero-order chi connectivity index (χ0) is 17.6. The van der Waals surface area contributed by atoms with Crippen LogP contribution in [0.5, 0.6) is 0 Å². The van der Waals surface area contributed by atoms with Gasteiger partial charge >= 0.3 is 6.03 Å². The molecule has 1 fully saturated rings. The second-order valence-corrected chi connectivity index (χ2v) is 5.79. The third kappa shape index (κ3) is 3.96. The number of carbonyl (C=O) groups excluding carboxylic acids is 2. The molecule has 0 radical (unpaired) electrons. The van der Waals surface area contributed by atoms with E-state index in [-0.39, 0.29) is 24.4 Å². The molecular formula is C19H18N4O2. The molecule has 1 saturated heterocycles. The third-order valence-corrected chi connectivity index (χ3v) is 4.14. The van der Waals surface area contributed by atoms with Crippen LogP contribution in [-0.2, 0) is 4.79 Å². The number of rotatable bonds is 2. The molecule has 2 aromatic rings. The quantitative estimate of drug-likeness (QED) is 0.885. The van der Waals surface area contributed by atoms with E-state index in [9.17, 15) is 9.59 Å². The lowest BCUT2D eigenvalue weighted by molar-refractivity contribution is -0.121. The highest BCUT2D eigenvalue weighted by atomic mass is 16.2. The number of carbonyl (C=O) groups is 2. The fraction of sp³-hybridized carbons (Fsp3) is 0.211. The van der Waals surface area contributed by atoms with Gasteiger partial charge in [0.1, 0.15) is 0 Å². The lowest BCUT2D eigenvalue weighted by Gasteiger charge is -2.29. The Morgan fingerprint density at radius 1 is 1.16 bits per heavy atom. The van der Waals surface area contributed by atoms with E-state index in [1.165, 1.54) is 0 Å². The zero-order valence-electron chi connectivity index (χ0n) is 13.6. The van der Waals surface area contributed by atoms with Gasteiger partial charge < -0.3 is 15.5 Å². The van der Waals surface area contributed by atoms with E-state index < -0.39 is 0 Å². The molecule has 0 bridgehead atoms. The molecule has 1 aliphatic rings. The van der Waals surface area contributed by atoms with E-state index in [2.05, 4.69) is 10.6 Å². The largest absolute Gasteiger partial charge is 0.354 e. The summed E-state index contributed by atoms with van der Waals surface area (Å²) < 4.78 is 0. The van der Waals surface area contributed by atoms with Crippen molar-refractivity contribution in [1.82, 2.24) is 10.2 Å². The molecule has 0 saturated carbocycles. The average Bonchev–Trinajstić information content (AvgIpc) is 2.84. The Bertz CT molecular complexity index is 796. The summed E-state index contributed by atoms with van der Waals surface area (Å²) in [4.78, 5) is 26.4. The standard InChI is InChI=1S/C19H18N4O2/c20-13-14-6-8-16(9-7-14)22-19(25)23-11-10-21-18(24)12-17(23)15-4-2-1-3-5-15/h1-9,17H,10-12H2,(H,21,24)(H,22,25). The van der Waals surface area contributed by atoms with E-state index in [0.717, 1.165) is 5.56 Å². The second-order valence-electron chi connectivity index (χ2n) is 5.79. The number of urea groups is 1. The highest BCUT2D eigenvalue weighted by Gasteiger charge is 2.29. The summed E-state index contributed by atoms with van der Waals surface area (Å²) in [5.74, 6) is -0.0671. The van der Waals surface area contributed by atoms with Gasteiger partial charge in [0.05, 0.1) is 24.1 Å². The van der Waals surface area contributed by atoms with Crippen LogP contribution in [0.3, 0.4) is 0 Å². The van der Waals surface area contributed by atoms with Crippen LogP contribution in [0, 0.1) is 11.3 Å². The van der Waals surface area contributed by atoms with Crippen LogP contribution in [-0.4, -0.2) is 29.9 Å². The molecule has 0 spiro atoms. The highest BCUT2D eigenvalue weighted by Crippen LogP contribution is 2.26. The lowest BCUT2D eigenvalue weighted by atomic mass is 10.0. The molecule has 1 aliphatic heterocycles. The van der Waals surface area contributed by atoms with Gasteiger partial charge in [0.2, 0.25) is 5.91 Å². The molecule has 6 nitrogen and oxygen atoms in total. The second kappa shape index (κ2) is 7.49. The Kier molecular flexibility index (Phi) is 4.95. The van der Waals surface area contributed by atoms with Crippen molar-refractivity contribution in [3.63, 3.8) is 0 Å². The van der Waals surface area contributed by atoms with E-state index in [4.69, 9.17) is 5.26 Å². The predicted molar refractivity (Wildman–Crippen MR) is 93.7 cm³/mol. The monoisotopic (exact) mass is 334 g/mol. The number of nitrogens with one attached hydrogen (secondary N) is 2. The fourth-order valence-electron chi connectivity index (χ4n) is 2.87. The Balaban J connectivity index is 1.81. The number of nitriles is 1. The predicted octanol–water partition coefficient (Wildman–Crippen LogP) is 2.65. The number of amides is 3. The van der Waals surface area contributed by atoms with Crippen molar-refractivity contribution in [1.29, 1.82) is 5.26 Å². The summed E-state index contributed by atoms with van der Waals surface area (Å²) in [6.45, 7) is 0.844. The average molecular weight is 334 g/mol. The molecule has 25 heavy (non-hydrogen) atoms. The van der Waals surface area contributed by atoms with Gasteiger partial charge in [-0.2, -0.15) is 5.26 Å². The van der Waals surface area contributed by atoms with Gasteiger partial charge in [0.15, 0.2) is 0 Å². The summed E-state index contributed by atoms with van der Waals surface area (Å²) in [6, 6.07) is 17.7. The minimum atomic E-state index is -0.318. The summed E-state index contributed by atoms with van der Waals surface area (Å²) >= 11 is 0. The molecule has 1 heterocycles. The van der Waals surface area contributed by atoms with Crippen LogP contribution in [0.1, 0.15) is 23.6 Å². The van der Waals surface area contributed by atoms with Crippen LogP contribution in [0.2, 0.25) is 0 Å². The van der Waals surface area contributed by atoms with Crippen LogP contribution in [0.4, 0.5) is 10.5 Å². The molecule has 3 rings (SSSR count). The van der Waals surface area contributed by atoms with Crippen molar-refractivity contribution in [3.8, 4) is 6.07 Å². The van der Waals surface area contributed by atoms with E-state index in [1.807, 2.05) is 36.4 Å². The van der Waals surface area contributed by atoms with Crippen LogP contribution >= 0.6 is 0 Å². The SMILES string of the molecule is N#Cc1ccc(NC(=O)N2CCNC(=O)CC2c2ccccc2)cc1. The number of benzene rings is 2. The Labute approximate surface area is 146 Å². The number of hydrogen-bond acceptors (Lipinski definition) is 3. The zero-order valence-corrected chi connectivity index (χ0v) is 13.6. The fourth-order valence-corrected chi connectivity index (χ4v) is 2.87. The van der Waals surface area contributed by atoms with Gasteiger partial charge in [-0.15, -0.1) is 0 Å². The summed E-state index contributed by atoms with van der Waals surface area (Å²) in [6.07, 6.45) is 0.227. The third-order valence-electron chi connectivity index (χ3n) is 4.14. The molecule has 1 atom stereocenters. The van der Waals surface area contributed by atoms with Crippen LogP contribution in [0.15, 0.2) is 54.6 Å². The highest BCUT2D eigenvalue weighted by molar-refractivity contribution is 5.90. The van der Waals surface area contributed by atoms with Crippen molar-refractivity contribution in [2.24, 2.45) is 0 Å². The van der Waals surface area contributed by atoms with Crippen molar-refractivity contribution < 1.29 is 9.59 Å². The van der Waals surface area contributed by atoms with E-state index >= 15 is 0 Å². The van der Waals surface area contributed by atoms with Crippen LogP contribution < -0.4 is 10.6 Å². The van der Waals surface area contributed by atoms with Gasteiger partial charge in [-0.1, -0.05) is 30.3 Å². The number of nitrogens with zero attached hydrogens (tertiary/aromatic N) is 2. The summed E-state index contributed by atoms with van der Waals surface area (Å²) in [5.41, 5.74) is 2.07. The topological polar surface area (TPSA) is 85.2 Å². The first-order valence-electron chi connectivity index (χ1n) is 8.07. The molecular weight excluding hydrogens is 316 g/mol. The van der Waals surface area contributed by atoms with Crippen molar-refractivity contribution >= 4 is 17.6 Å². The van der Waals surface area contributed by atoms with Crippen molar-refractivity contribution in [3.05, 3.63) is 65.7 Å². The first-order chi connectivity index (χ1) is 12.2. The van der Waals surface area contributed by atoms with Crippen LogP contribution in [0.25, 0.3) is 0 Å². The van der Waals surface area contributed by atoms with E-state index in [0.29, 0.717) is 24.3 Å². The Morgan fingerprint density at radius 2 is 1.88 bits per heavy atom. The Hall–Kier alpha value is -3.33. The normalized spacial score (nSPS) is 17.2. The first kappa shape index (κ1) is 16.5. The summed E-state index contributed by atoms with van der Waals surface area (Å²) in [5, 5.41) is 14.5. The van der Waals surface area contributed by atoms with Gasteiger partial charge in [0, 0.05) is 18.8 Å². The lowest BCUT2D eigenvalue weighted by Crippen LogP contribution is -2.39. The van der Waals surface area contributed by atoms with Gasteiger partial charge in [-0.3, -0.25) is 4.79 Å².